The quantitative estimate of drug-likeness (QED) is 0.0196. The Kier molecular flexibility index (Phi) is 39.8. The Hall–Kier alpha value is -1.51. The average molecular weight is 842 g/mol. The largest absolute Gasteiger partial charge is 0.756 e. The molecule has 0 rings (SSSR count). The highest BCUT2D eigenvalue weighted by atomic mass is 31.2. The number of likely N-dealkylation sites (N-methyl/N-ethyl adjacent to an activating group) is 1. The summed E-state index contributed by atoms with van der Waals surface area (Å²) in [6.45, 7) is 4.23. The van der Waals surface area contributed by atoms with Gasteiger partial charge < -0.3 is 27.9 Å². The molecule has 2 atom stereocenters. The summed E-state index contributed by atoms with van der Waals surface area (Å²) in [5.74, 6) is -0.847. The number of allylic oxidation sites excluding steroid dienone is 4. The van der Waals surface area contributed by atoms with Crippen LogP contribution in [-0.4, -0.2) is 70.0 Å². The molecule has 0 aliphatic heterocycles. The van der Waals surface area contributed by atoms with Crippen LogP contribution >= 0.6 is 7.82 Å². The number of hydrogen-bond donors (Lipinski definition) is 0. The number of hydrogen-bond acceptors (Lipinski definition) is 8. The maximum absolute atomic E-state index is 12.7. The van der Waals surface area contributed by atoms with Crippen molar-refractivity contribution in [3.8, 4) is 0 Å². The molecule has 0 saturated heterocycles. The summed E-state index contributed by atoms with van der Waals surface area (Å²) in [4.78, 5) is 37.6. The molecule has 0 spiro atoms. The number of carbonyl (C=O) groups excluding carboxylic acids is 2. The van der Waals surface area contributed by atoms with Crippen molar-refractivity contribution >= 4 is 19.8 Å². The predicted molar refractivity (Wildman–Crippen MR) is 241 cm³/mol. The number of phosphoric ester groups is 1. The number of nitrogens with zero attached hydrogens (tertiary/aromatic N) is 1. The zero-order chi connectivity index (χ0) is 42.8. The van der Waals surface area contributed by atoms with Crippen LogP contribution in [0.15, 0.2) is 24.3 Å². The predicted octanol–water partition coefficient (Wildman–Crippen LogP) is 13.3. The number of unbranched alkanes of at least 4 members (excludes halogenated alkanes) is 26. The molecule has 0 fully saturated rings. The van der Waals surface area contributed by atoms with E-state index in [1.54, 1.807) is 0 Å². The SMILES string of the molecule is CCCCCCCCCC/C=C/CCCCCCCC(=O)OC[C@H](COP(=O)([O-])OCC[N+](C)(C)C)OC(=O)CCCCCCC/C=C/CCCCCCCCCC. The minimum atomic E-state index is -4.63. The molecule has 0 aromatic rings. The van der Waals surface area contributed by atoms with Gasteiger partial charge >= 0.3 is 11.9 Å². The van der Waals surface area contributed by atoms with Gasteiger partial charge in [-0.15, -0.1) is 0 Å². The van der Waals surface area contributed by atoms with Crippen molar-refractivity contribution in [2.75, 3.05) is 47.5 Å². The van der Waals surface area contributed by atoms with Gasteiger partial charge in [-0.05, 0) is 64.2 Å². The highest BCUT2D eigenvalue weighted by Gasteiger charge is 2.21. The Bertz CT molecular complexity index is 1040. The van der Waals surface area contributed by atoms with E-state index in [-0.39, 0.29) is 26.1 Å². The molecule has 0 saturated carbocycles. The summed E-state index contributed by atoms with van der Waals surface area (Å²) in [7, 11) is 1.16. The van der Waals surface area contributed by atoms with E-state index in [0.29, 0.717) is 17.4 Å². The van der Waals surface area contributed by atoms with Crippen LogP contribution in [0.3, 0.4) is 0 Å². The lowest BCUT2D eigenvalue weighted by atomic mass is 10.1. The average Bonchev–Trinajstić information content (AvgIpc) is 3.17. The minimum Gasteiger partial charge on any atom is -0.756 e. The van der Waals surface area contributed by atoms with Gasteiger partial charge in [0.15, 0.2) is 6.10 Å². The standard InChI is InChI=1S/C48H92NO8P/c1-6-8-10-12-14-16-18-20-22-24-26-28-30-32-34-36-38-40-47(50)54-44-46(45-56-58(52,53)55-43-42-49(3,4)5)57-48(51)41-39-37-35-33-31-29-27-25-23-21-19-17-15-13-11-9-7-2/h24-27,46H,6-23,28-45H2,1-5H3/b26-24+,27-25+/t46-/m1/s1. The van der Waals surface area contributed by atoms with Crippen LogP contribution in [0.2, 0.25) is 0 Å². The Morgan fingerprint density at radius 3 is 1.28 bits per heavy atom. The van der Waals surface area contributed by atoms with Crippen molar-refractivity contribution in [3.05, 3.63) is 24.3 Å². The first-order valence-electron chi connectivity index (χ1n) is 24.0. The monoisotopic (exact) mass is 842 g/mol. The van der Waals surface area contributed by atoms with Crippen molar-refractivity contribution in [1.29, 1.82) is 0 Å². The second-order valence-electron chi connectivity index (χ2n) is 17.5. The molecule has 0 aliphatic carbocycles. The number of phosphoric acid groups is 1. The van der Waals surface area contributed by atoms with E-state index in [1.807, 2.05) is 21.1 Å². The third kappa shape index (κ3) is 44.1. The van der Waals surface area contributed by atoms with Gasteiger partial charge in [-0.25, -0.2) is 0 Å². The van der Waals surface area contributed by atoms with E-state index < -0.39 is 32.5 Å². The Morgan fingerprint density at radius 1 is 0.517 bits per heavy atom. The molecule has 58 heavy (non-hydrogen) atoms. The molecular weight excluding hydrogens is 750 g/mol. The Balaban J connectivity index is 4.32. The molecule has 1 unspecified atom stereocenters. The highest BCUT2D eigenvalue weighted by molar-refractivity contribution is 7.45. The molecule has 0 aromatic heterocycles. The third-order valence-electron chi connectivity index (χ3n) is 10.4. The second-order valence-corrected chi connectivity index (χ2v) is 18.9. The van der Waals surface area contributed by atoms with Gasteiger partial charge in [-0.2, -0.15) is 0 Å². The highest BCUT2D eigenvalue weighted by Crippen LogP contribution is 2.38. The van der Waals surface area contributed by atoms with Gasteiger partial charge in [0.1, 0.15) is 19.8 Å². The van der Waals surface area contributed by atoms with Crippen molar-refractivity contribution in [3.63, 3.8) is 0 Å². The van der Waals surface area contributed by atoms with Crippen LogP contribution in [0.25, 0.3) is 0 Å². The molecule has 0 amide bonds. The first kappa shape index (κ1) is 56.5. The fraction of sp³-hybridized carbons (Fsp3) is 0.875. The number of quaternary nitrogens is 1. The van der Waals surface area contributed by atoms with Crippen LogP contribution < -0.4 is 4.89 Å². The molecule has 0 N–H and O–H groups in total. The van der Waals surface area contributed by atoms with E-state index >= 15 is 0 Å². The first-order valence-corrected chi connectivity index (χ1v) is 25.5. The van der Waals surface area contributed by atoms with E-state index in [0.717, 1.165) is 70.6 Å². The topological polar surface area (TPSA) is 111 Å². The van der Waals surface area contributed by atoms with E-state index in [4.69, 9.17) is 18.5 Å². The number of esters is 2. The minimum absolute atomic E-state index is 0.0324. The summed E-state index contributed by atoms with van der Waals surface area (Å²) in [5.41, 5.74) is 0. The van der Waals surface area contributed by atoms with Crippen LogP contribution in [0.4, 0.5) is 0 Å². The van der Waals surface area contributed by atoms with Gasteiger partial charge in [-0.1, -0.05) is 167 Å². The van der Waals surface area contributed by atoms with E-state index in [2.05, 4.69) is 38.2 Å². The van der Waals surface area contributed by atoms with Gasteiger partial charge in [0.2, 0.25) is 0 Å². The number of rotatable bonds is 44. The van der Waals surface area contributed by atoms with E-state index in [1.165, 1.54) is 116 Å². The fourth-order valence-electron chi connectivity index (χ4n) is 6.64. The Labute approximate surface area is 358 Å². The summed E-state index contributed by atoms with van der Waals surface area (Å²) in [5, 5.41) is 0. The van der Waals surface area contributed by atoms with Crippen molar-refractivity contribution in [2.24, 2.45) is 0 Å². The van der Waals surface area contributed by atoms with Gasteiger partial charge in [0.25, 0.3) is 7.82 Å². The molecular formula is C48H92NO8P. The smallest absolute Gasteiger partial charge is 0.306 e. The van der Waals surface area contributed by atoms with Crippen LogP contribution in [0.5, 0.6) is 0 Å². The molecule has 0 aliphatic rings. The lowest BCUT2D eigenvalue weighted by Gasteiger charge is -2.28. The van der Waals surface area contributed by atoms with Crippen molar-refractivity contribution < 1.29 is 42.1 Å². The van der Waals surface area contributed by atoms with E-state index in [9.17, 15) is 19.0 Å². The molecule has 342 valence electrons. The first-order chi connectivity index (χ1) is 28.0. The molecule has 0 radical (unpaired) electrons. The van der Waals surface area contributed by atoms with Gasteiger partial charge in [0, 0.05) is 12.8 Å². The molecule has 0 bridgehead atoms. The zero-order valence-electron chi connectivity index (χ0n) is 38.5. The summed E-state index contributed by atoms with van der Waals surface area (Å²) in [6.07, 6.45) is 44.9. The molecule has 9 nitrogen and oxygen atoms in total. The van der Waals surface area contributed by atoms with Gasteiger partial charge in [-0.3, -0.25) is 14.2 Å². The summed E-state index contributed by atoms with van der Waals surface area (Å²) >= 11 is 0. The zero-order valence-corrected chi connectivity index (χ0v) is 39.4. The number of carbonyl (C=O) groups is 2. The fourth-order valence-corrected chi connectivity index (χ4v) is 7.37. The van der Waals surface area contributed by atoms with Crippen LogP contribution in [0, 0.1) is 0 Å². The lowest BCUT2D eigenvalue weighted by Crippen LogP contribution is -2.37. The van der Waals surface area contributed by atoms with Crippen LogP contribution in [0.1, 0.15) is 219 Å². The van der Waals surface area contributed by atoms with Crippen molar-refractivity contribution in [2.45, 2.75) is 225 Å². The maximum atomic E-state index is 12.7. The van der Waals surface area contributed by atoms with Crippen molar-refractivity contribution in [1.82, 2.24) is 0 Å². The number of ether oxygens (including phenoxy) is 2. The van der Waals surface area contributed by atoms with Crippen LogP contribution in [-0.2, 0) is 32.7 Å². The molecule has 10 heteroatoms. The molecule has 0 heterocycles. The summed E-state index contributed by atoms with van der Waals surface area (Å²) < 4.78 is 34.0. The molecule has 0 aromatic carbocycles. The maximum Gasteiger partial charge on any atom is 0.306 e. The Morgan fingerprint density at radius 2 is 0.879 bits per heavy atom. The second kappa shape index (κ2) is 40.9. The van der Waals surface area contributed by atoms with Gasteiger partial charge in [0.05, 0.1) is 27.7 Å². The lowest BCUT2D eigenvalue weighted by molar-refractivity contribution is -0.870. The summed E-state index contributed by atoms with van der Waals surface area (Å²) in [6, 6.07) is 0. The third-order valence-corrected chi connectivity index (χ3v) is 11.4. The normalized spacial score (nSPS) is 13.7.